The van der Waals surface area contributed by atoms with Gasteiger partial charge >= 0.3 is 0 Å². The van der Waals surface area contributed by atoms with Gasteiger partial charge in [-0.25, -0.2) is 9.37 Å². The number of rotatable bonds is 7. The van der Waals surface area contributed by atoms with Gasteiger partial charge in [0.1, 0.15) is 16.6 Å². The molecule has 0 bridgehead atoms. The van der Waals surface area contributed by atoms with Crippen LogP contribution in [-0.2, 0) is 17.8 Å². The lowest BCUT2D eigenvalue weighted by Gasteiger charge is -2.36. The second kappa shape index (κ2) is 13.0. The number of nitrogens with zero attached hydrogens (tertiary/aromatic N) is 3. The van der Waals surface area contributed by atoms with Crippen LogP contribution < -0.4 is 15.4 Å². The highest BCUT2D eigenvalue weighted by Gasteiger charge is 2.27. The SMILES string of the molecule is COc1ccc2ncc(F)c(CCN3CC[C@H](NCc4cnc5c(c4)NC(=O)CS5)[C@H](O)C3)c2c1.Cl.Cl. The first-order valence-electron chi connectivity index (χ1n) is 11.7. The van der Waals surface area contributed by atoms with Crippen molar-refractivity contribution in [2.24, 2.45) is 0 Å². The number of benzene rings is 1. The summed E-state index contributed by atoms with van der Waals surface area (Å²) < 4.78 is 19.9. The first-order valence-corrected chi connectivity index (χ1v) is 12.6. The fourth-order valence-corrected chi connectivity index (χ4v) is 5.39. The molecule has 2 aliphatic rings. The highest BCUT2D eigenvalue weighted by molar-refractivity contribution is 8.00. The number of nitrogens with one attached hydrogen (secondary N) is 2. The second-order valence-electron chi connectivity index (χ2n) is 8.89. The monoisotopic (exact) mass is 569 g/mol. The third-order valence-electron chi connectivity index (χ3n) is 6.57. The molecule has 12 heteroatoms. The predicted molar refractivity (Wildman–Crippen MR) is 148 cm³/mol. The van der Waals surface area contributed by atoms with Gasteiger partial charge in [-0.1, -0.05) is 11.8 Å². The van der Waals surface area contributed by atoms with Crippen molar-refractivity contribution in [3.8, 4) is 5.75 Å². The number of amides is 1. The van der Waals surface area contributed by atoms with Crippen LogP contribution in [-0.4, -0.2) is 70.5 Å². The molecule has 4 heterocycles. The number of carbonyl (C=O) groups excluding carboxylic acids is 1. The Morgan fingerprint density at radius 3 is 2.89 bits per heavy atom. The highest BCUT2D eigenvalue weighted by atomic mass is 35.5. The van der Waals surface area contributed by atoms with Crippen molar-refractivity contribution < 1.29 is 19.0 Å². The van der Waals surface area contributed by atoms with Crippen LogP contribution >= 0.6 is 36.6 Å². The number of pyridine rings is 2. The summed E-state index contributed by atoms with van der Waals surface area (Å²) in [4.78, 5) is 22.4. The van der Waals surface area contributed by atoms with E-state index in [0.717, 1.165) is 40.1 Å². The molecular formula is C25H30Cl2FN5O3S. The van der Waals surface area contributed by atoms with Crippen molar-refractivity contribution in [2.75, 3.05) is 37.8 Å². The van der Waals surface area contributed by atoms with Crippen LogP contribution in [0.25, 0.3) is 10.9 Å². The summed E-state index contributed by atoms with van der Waals surface area (Å²) in [5.41, 5.74) is 3.06. The van der Waals surface area contributed by atoms with Crippen LogP contribution in [0.15, 0.2) is 41.7 Å². The van der Waals surface area contributed by atoms with Gasteiger partial charge in [0.25, 0.3) is 0 Å². The van der Waals surface area contributed by atoms with E-state index in [1.54, 1.807) is 13.3 Å². The number of thioether (sulfide) groups is 1. The summed E-state index contributed by atoms with van der Waals surface area (Å²) in [7, 11) is 1.59. The van der Waals surface area contributed by atoms with Crippen LogP contribution in [0.2, 0.25) is 0 Å². The Labute approximate surface area is 231 Å². The number of β-amino-alcohol motifs (C(OH)–C–C–N with tert-alkyl or cyclic N) is 1. The Bertz CT molecular complexity index is 1250. The van der Waals surface area contributed by atoms with Gasteiger partial charge in [0.2, 0.25) is 5.91 Å². The maximum absolute atomic E-state index is 14.6. The van der Waals surface area contributed by atoms with Crippen molar-refractivity contribution in [3.63, 3.8) is 0 Å². The molecule has 3 N–H and O–H groups in total. The zero-order valence-corrected chi connectivity index (χ0v) is 22.7. The summed E-state index contributed by atoms with van der Waals surface area (Å²) in [6.07, 6.45) is 3.84. The number of halogens is 3. The summed E-state index contributed by atoms with van der Waals surface area (Å²) in [6.45, 7) is 2.51. The Morgan fingerprint density at radius 2 is 2.11 bits per heavy atom. The molecule has 2 atom stereocenters. The molecule has 0 aliphatic carbocycles. The van der Waals surface area contributed by atoms with Crippen molar-refractivity contribution in [2.45, 2.75) is 36.6 Å². The van der Waals surface area contributed by atoms with Crippen LogP contribution in [0, 0.1) is 5.82 Å². The number of methoxy groups -OCH3 is 1. The standard InChI is InChI=1S/C25H28FN5O3S.2ClH/c1-34-16-2-3-20-18(9-16)17(19(26)12-28-20)4-6-31-7-5-21(23(32)13-31)27-10-15-8-22-25(29-11-15)35-14-24(33)30-22;;/h2-3,8-9,11-12,21,23,27,32H,4-7,10,13-14H2,1H3,(H,30,33);2*1H/t21-,23+;;/m0../s1. The zero-order valence-electron chi connectivity index (χ0n) is 20.3. The summed E-state index contributed by atoms with van der Waals surface area (Å²) in [5.74, 6) is 0.719. The molecule has 200 valence electrons. The van der Waals surface area contributed by atoms with E-state index in [2.05, 4.69) is 25.5 Å². The number of aliphatic hydroxyl groups excluding tert-OH is 1. The topological polar surface area (TPSA) is 99.6 Å². The van der Waals surface area contributed by atoms with Gasteiger partial charge in [0.15, 0.2) is 0 Å². The first-order chi connectivity index (χ1) is 17.0. The molecule has 2 aliphatic heterocycles. The molecule has 1 fully saturated rings. The van der Waals surface area contributed by atoms with Crippen molar-refractivity contribution in [3.05, 3.63) is 53.6 Å². The number of carbonyl (C=O) groups is 1. The highest BCUT2D eigenvalue weighted by Crippen LogP contribution is 2.30. The lowest BCUT2D eigenvalue weighted by molar-refractivity contribution is -0.113. The zero-order chi connectivity index (χ0) is 24.4. The maximum Gasteiger partial charge on any atom is 0.234 e. The van der Waals surface area contributed by atoms with Gasteiger partial charge in [-0.3, -0.25) is 9.78 Å². The molecule has 0 saturated carbocycles. The first kappa shape index (κ1) is 29.3. The van der Waals surface area contributed by atoms with Gasteiger partial charge < -0.3 is 25.4 Å². The van der Waals surface area contributed by atoms with E-state index in [1.807, 2.05) is 24.3 Å². The van der Waals surface area contributed by atoms with Gasteiger partial charge in [-0.05, 0) is 49.2 Å². The average molecular weight is 571 g/mol. The number of hydrogen-bond acceptors (Lipinski definition) is 8. The maximum atomic E-state index is 14.6. The third kappa shape index (κ3) is 6.81. The molecule has 0 spiro atoms. The average Bonchev–Trinajstić information content (AvgIpc) is 2.87. The van der Waals surface area contributed by atoms with E-state index >= 15 is 0 Å². The molecule has 0 unspecified atom stereocenters. The molecule has 1 amide bonds. The van der Waals surface area contributed by atoms with E-state index in [-0.39, 0.29) is 42.6 Å². The Balaban J connectivity index is 0.00000190. The van der Waals surface area contributed by atoms with Gasteiger partial charge in [-0.2, -0.15) is 0 Å². The number of anilines is 1. The molecule has 2 aromatic heterocycles. The van der Waals surface area contributed by atoms with Gasteiger partial charge in [-0.15, -0.1) is 24.8 Å². The predicted octanol–water partition coefficient (Wildman–Crippen LogP) is 3.43. The smallest absolute Gasteiger partial charge is 0.234 e. The number of ether oxygens (including phenoxy) is 1. The fraction of sp³-hybridized carbons (Fsp3) is 0.400. The lowest BCUT2D eigenvalue weighted by Crippen LogP contribution is -2.52. The second-order valence-corrected chi connectivity index (χ2v) is 9.86. The molecule has 0 radical (unpaired) electrons. The van der Waals surface area contributed by atoms with E-state index in [0.29, 0.717) is 43.1 Å². The molecule has 5 rings (SSSR count). The van der Waals surface area contributed by atoms with Gasteiger partial charge in [0.05, 0.1) is 36.4 Å². The van der Waals surface area contributed by atoms with Crippen molar-refractivity contribution >= 4 is 59.1 Å². The summed E-state index contributed by atoms with van der Waals surface area (Å²) in [6, 6.07) is 7.37. The number of fused-ring (bicyclic) bond motifs is 2. The van der Waals surface area contributed by atoms with Crippen LogP contribution in [0.4, 0.5) is 10.1 Å². The normalized spacial score (nSPS) is 19.4. The minimum atomic E-state index is -0.538. The number of piperidine rings is 1. The number of aromatic nitrogens is 2. The third-order valence-corrected chi connectivity index (χ3v) is 7.57. The largest absolute Gasteiger partial charge is 0.497 e. The summed E-state index contributed by atoms with van der Waals surface area (Å²) >= 11 is 1.44. The Morgan fingerprint density at radius 1 is 1.27 bits per heavy atom. The Kier molecular flexibility index (Phi) is 10.3. The Hall–Kier alpha value is -2.21. The molecular weight excluding hydrogens is 540 g/mol. The van der Waals surface area contributed by atoms with E-state index in [1.165, 1.54) is 18.0 Å². The van der Waals surface area contributed by atoms with E-state index in [9.17, 15) is 14.3 Å². The van der Waals surface area contributed by atoms with Gasteiger partial charge in [0, 0.05) is 42.8 Å². The number of hydrogen-bond donors (Lipinski definition) is 3. The van der Waals surface area contributed by atoms with Crippen molar-refractivity contribution in [1.82, 2.24) is 20.2 Å². The van der Waals surface area contributed by atoms with E-state index in [4.69, 9.17) is 4.74 Å². The number of aliphatic hydroxyl groups is 1. The lowest BCUT2D eigenvalue weighted by atomic mass is 10.00. The quantitative estimate of drug-likeness (QED) is 0.398. The van der Waals surface area contributed by atoms with E-state index < -0.39 is 6.10 Å². The fourth-order valence-electron chi connectivity index (χ4n) is 4.66. The van der Waals surface area contributed by atoms with Crippen LogP contribution in [0.1, 0.15) is 17.5 Å². The van der Waals surface area contributed by atoms with Crippen LogP contribution in [0.3, 0.4) is 0 Å². The minimum absolute atomic E-state index is 0. The molecule has 1 saturated heterocycles. The molecule has 1 aromatic carbocycles. The molecule has 3 aromatic rings. The van der Waals surface area contributed by atoms with Crippen molar-refractivity contribution in [1.29, 1.82) is 0 Å². The molecule has 8 nitrogen and oxygen atoms in total. The number of likely N-dealkylation sites (tertiary alicyclic amines) is 1. The minimum Gasteiger partial charge on any atom is -0.497 e. The summed E-state index contributed by atoms with van der Waals surface area (Å²) in [5, 5.41) is 18.6. The molecule has 37 heavy (non-hydrogen) atoms. The van der Waals surface area contributed by atoms with Crippen LogP contribution in [0.5, 0.6) is 5.75 Å².